The van der Waals surface area contributed by atoms with E-state index in [9.17, 15) is 0 Å². The molecule has 0 fully saturated rings. The highest BCUT2D eigenvalue weighted by atomic mass is 33.1. The molecule has 0 unspecified atom stereocenters. The smallest absolute Gasteiger partial charge is 0.169 e. The molecule has 0 aliphatic rings. The van der Waals surface area contributed by atoms with E-state index in [-0.39, 0.29) is 0 Å². The first-order valence-corrected chi connectivity index (χ1v) is 20.0. The Morgan fingerprint density at radius 2 is 0.976 bits per heavy atom. The lowest BCUT2D eigenvalue weighted by Gasteiger charge is -2.24. The summed E-state index contributed by atoms with van der Waals surface area (Å²) in [6.07, 6.45) is 32.2. The fourth-order valence-corrected chi connectivity index (χ4v) is 7.53. The van der Waals surface area contributed by atoms with Crippen molar-refractivity contribution in [3.05, 3.63) is 59.9 Å². The Hall–Kier alpha value is -1.39. The van der Waals surface area contributed by atoms with E-state index in [4.69, 9.17) is 0 Å². The zero-order chi connectivity index (χ0) is 29.9. The van der Waals surface area contributed by atoms with Gasteiger partial charge in [0.15, 0.2) is 12.4 Å². The van der Waals surface area contributed by atoms with Gasteiger partial charge in [0.2, 0.25) is 0 Å². The summed E-state index contributed by atoms with van der Waals surface area (Å²) in [6, 6.07) is 13.6. The molecule has 0 N–H and O–H groups in total. The molecule has 0 saturated heterocycles. The molecule has 0 spiro atoms. The van der Waals surface area contributed by atoms with Crippen LogP contribution in [0.1, 0.15) is 141 Å². The van der Waals surface area contributed by atoms with Gasteiger partial charge in [0.05, 0.1) is 0 Å². The molecule has 0 bridgehead atoms. The molecule has 1 aromatic heterocycles. The van der Waals surface area contributed by atoms with Gasteiger partial charge in [-0.3, -0.25) is 0 Å². The zero-order valence-electron chi connectivity index (χ0n) is 27.5. The largest absolute Gasteiger partial charge is 0.372 e. The molecule has 2 rings (SSSR count). The Balaban J connectivity index is 1.51. The summed E-state index contributed by atoms with van der Waals surface area (Å²) >= 11 is 0. The van der Waals surface area contributed by atoms with Gasteiger partial charge in [0.25, 0.3) is 0 Å². The minimum absolute atomic E-state index is 1.13. The Morgan fingerprint density at radius 3 is 1.50 bits per heavy atom. The maximum atomic E-state index is 2.55. The second-order valence-corrected chi connectivity index (χ2v) is 14.6. The van der Waals surface area contributed by atoms with Crippen LogP contribution >= 0.6 is 21.6 Å². The van der Waals surface area contributed by atoms with Crippen molar-refractivity contribution in [2.24, 2.45) is 0 Å². The Morgan fingerprint density at radius 1 is 0.524 bits per heavy atom. The fourth-order valence-electron chi connectivity index (χ4n) is 5.15. The first-order valence-electron chi connectivity index (χ1n) is 17.5. The normalized spacial score (nSPS) is 11.5. The highest BCUT2D eigenvalue weighted by Crippen LogP contribution is 2.24. The molecule has 0 atom stereocenters. The van der Waals surface area contributed by atoms with Crippen LogP contribution in [0.5, 0.6) is 0 Å². The van der Waals surface area contributed by atoms with E-state index in [0.29, 0.717) is 0 Å². The number of hydrogen-bond acceptors (Lipinski definition) is 3. The number of hydrogen-bond donors (Lipinski definition) is 0. The summed E-state index contributed by atoms with van der Waals surface area (Å²) in [5.41, 5.74) is 3.89. The molecule has 0 radical (unpaired) electrons. The standard InChI is InChI=1S/C38H63N2S2/c1-4-7-30-40(31-8-5-2)38-25-23-36(24-26-38)21-22-37-27-32-39(33-28-37)29-19-17-15-13-11-10-12-14-16-18-20-35-42-41-34-9-6-3/h21-28,32-33H,4-20,29-31,34-35H2,1-3H3/q+1. The monoisotopic (exact) mass is 611 g/mol. The van der Waals surface area contributed by atoms with E-state index >= 15 is 0 Å². The predicted octanol–water partition coefficient (Wildman–Crippen LogP) is 12.0. The van der Waals surface area contributed by atoms with Crippen LogP contribution in [-0.2, 0) is 6.54 Å². The molecule has 0 aliphatic heterocycles. The van der Waals surface area contributed by atoms with Crippen LogP contribution in [0.2, 0.25) is 0 Å². The lowest BCUT2D eigenvalue weighted by Crippen LogP contribution is -2.32. The quantitative estimate of drug-likeness (QED) is 0.0564. The van der Waals surface area contributed by atoms with Gasteiger partial charge in [0, 0.05) is 48.8 Å². The Kier molecular flexibility index (Phi) is 22.8. The van der Waals surface area contributed by atoms with E-state index in [2.05, 4.69) is 113 Å². The molecule has 2 nitrogen and oxygen atoms in total. The summed E-state index contributed by atoms with van der Waals surface area (Å²) in [5, 5.41) is 0. The van der Waals surface area contributed by atoms with Crippen molar-refractivity contribution in [3.8, 4) is 0 Å². The van der Waals surface area contributed by atoms with Gasteiger partial charge in [0.1, 0.15) is 6.54 Å². The maximum absolute atomic E-state index is 2.55. The lowest BCUT2D eigenvalue weighted by atomic mass is 10.1. The number of anilines is 1. The third-order valence-corrected chi connectivity index (χ3v) is 10.6. The van der Waals surface area contributed by atoms with Crippen molar-refractivity contribution in [3.63, 3.8) is 0 Å². The molecule has 42 heavy (non-hydrogen) atoms. The van der Waals surface area contributed by atoms with E-state index < -0.39 is 0 Å². The van der Waals surface area contributed by atoms with Crippen molar-refractivity contribution in [1.82, 2.24) is 0 Å². The van der Waals surface area contributed by atoms with Crippen LogP contribution in [0.15, 0.2) is 48.8 Å². The van der Waals surface area contributed by atoms with E-state index in [1.54, 1.807) is 0 Å². The molecule has 0 aliphatic carbocycles. The van der Waals surface area contributed by atoms with Gasteiger partial charge >= 0.3 is 0 Å². The first-order chi connectivity index (χ1) is 20.8. The third kappa shape index (κ3) is 18.3. The highest BCUT2D eigenvalue weighted by molar-refractivity contribution is 8.76. The lowest BCUT2D eigenvalue weighted by molar-refractivity contribution is -0.697. The van der Waals surface area contributed by atoms with Crippen LogP contribution in [0, 0.1) is 0 Å². The molecular weight excluding hydrogens is 549 g/mol. The van der Waals surface area contributed by atoms with Crippen molar-refractivity contribution >= 4 is 39.4 Å². The average Bonchev–Trinajstić information content (AvgIpc) is 3.02. The topological polar surface area (TPSA) is 7.12 Å². The van der Waals surface area contributed by atoms with Gasteiger partial charge in [-0.25, -0.2) is 4.57 Å². The number of unbranched alkanes of at least 4 members (excludes halogenated alkanes) is 13. The molecule has 2 aromatic rings. The number of aromatic nitrogens is 1. The van der Waals surface area contributed by atoms with Gasteiger partial charge in [-0.05, 0) is 55.4 Å². The summed E-state index contributed by atoms with van der Waals surface area (Å²) in [7, 11) is 4.17. The fraction of sp³-hybridized carbons (Fsp3) is 0.658. The van der Waals surface area contributed by atoms with Crippen LogP contribution < -0.4 is 9.47 Å². The molecule has 0 saturated carbocycles. The van der Waals surface area contributed by atoms with Crippen LogP contribution in [0.3, 0.4) is 0 Å². The Labute approximate surface area is 268 Å². The molecule has 1 aromatic carbocycles. The van der Waals surface area contributed by atoms with Gasteiger partial charge in [-0.15, -0.1) is 0 Å². The minimum atomic E-state index is 1.13. The number of rotatable bonds is 27. The minimum Gasteiger partial charge on any atom is -0.372 e. The second-order valence-electron chi connectivity index (χ2n) is 11.9. The Bertz CT molecular complexity index is 886. The van der Waals surface area contributed by atoms with E-state index in [1.807, 2.05) is 0 Å². The first kappa shape index (κ1) is 36.8. The predicted molar refractivity (Wildman–Crippen MR) is 195 cm³/mol. The molecule has 4 heteroatoms. The van der Waals surface area contributed by atoms with Crippen molar-refractivity contribution in [2.75, 3.05) is 29.5 Å². The molecular formula is C38H63N2S2+. The van der Waals surface area contributed by atoms with Crippen LogP contribution in [0.4, 0.5) is 5.69 Å². The van der Waals surface area contributed by atoms with Gasteiger partial charge < -0.3 is 4.90 Å². The van der Waals surface area contributed by atoms with Crippen molar-refractivity contribution < 1.29 is 4.57 Å². The summed E-state index contributed by atoms with van der Waals surface area (Å²) in [5.74, 6) is 2.68. The summed E-state index contributed by atoms with van der Waals surface area (Å²) < 4.78 is 2.34. The average molecular weight is 612 g/mol. The highest BCUT2D eigenvalue weighted by Gasteiger charge is 2.05. The van der Waals surface area contributed by atoms with Gasteiger partial charge in [-0.2, -0.15) is 0 Å². The summed E-state index contributed by atoms with van der Waals surface area (Å²) in [6.45, 7) is 10.3. The molecule has 0 amide bonds. The number of aryl methyl sites for hydroxylation is 1. The van der Waals surface area contributed by atoms with Crippen molar-refractivity contribution in [1.29, 1.82) is 0 Å². The van der Waals surface area contributed by atoms with Gasteiger partial charge in [-0.1, -0.05) is 137 Å². The molecule has 236 valence electrons. The van der Waals surface area contributed by atoms with Crippen LogP contribution in [0.25, 0.3) is 12.2 Å². The van der Waals surface area contributed by atoms with E-state index in [0.717, 1.165) is 19.6 Å². The third-order valence-electron chi connectivity index (χ3n) is 8.02. The van der Waals surface area contributed by atoms with Crippen LogP contribution in [-0.4, -0.2) is 24.6 Å². The van der Waals surface area contributed by atoms with E-state index in [1.165, 1.54) is 137 Å². The maximum Gasteiger partial charge on any atom is 0.169 e. The SMILES string of the molecule is CCCCSSCCCCCCCCCCCCC[n+]1ccc(/C=C/c2ccc(N(CCCC)CCCC)cc2)cc1. The summed E-state index contributed by atoms with van der Waals surface area (Å²) in [4.78, 5) is 2.55. The molecule has 1 heterocycles. The van der Waals surface area contributed by atoms with Crippen molar-refractivity contribution in [2.45, 2.75) is 136 Å². The second kappa shape index (κ2) is 26.1. The number of nitrogens with zero attached hydrogens (tertiary/aromatic N) is 2. The number of benzene rings is 1. The zero-order valence-corrected chi connectivity index (χ0v) is 29.2. The number of pyridine rings is 1.